The fourth-order valence-corrected chi connectivity index (χ4v) is 4.44. The van der Waals surface area contributed by atoms with E-state index in [9.17, 15) is 4.79 Å². The Morgan fingerprint density at radius 3 is 2.65 bits per heavy atom. The van der Waals surface area contributed by atoms with Crippen molar-refractivity contribution in [3.63, 3.8) is 0 Å². The highest BCUT2D eigenvalue weighted by molar-refractivity contribution is 9.10. The van der Waals surface area contributed by atoms with E-state index in [0.717, 1.165) is 59.5 Å². The molecule has 4 rings (SSSR count). The summed E-state index contributed by atoms with van der Waals surface area (Å²) < 4.78 is 6.92. The zero-order valence-corrected chi connectivity index (χ0v) is 19.6. The monoisotopic (exact) mass is 481 g/mol. The van der Waals surface area contributed by atoms with Gasteiger partial charge in [0.25, 0.3) is 0 Å². The Morgan fingerprint density at radius 1 is 1.19 bits per heavy atom. The predicted molar refractivity (Wildman–Crippen MR) is 125 cm³/mol. The smallest absolute Gasteiger partial charge is 0.226 e. The maximum absolute atomic E-state index is 12.7. The molecule has 31 heavy (non-hydrogen) atoms. The van der Waals surface area contributed by atoms with E-state index in [-0.39, 0.29) is 17.9 Å². The molecule has 0 saturated carbocycles. The lowest BCUT2D eigenvalue weighted by Crippen LogP contribution is -2.41. The molecule has 0 radical (unpaired) electrons. The summed E-state index contributed by atoms with van der Waals surface area (Å²) in [6.45, 7) is 6.53. The van der Waals surface area contributed by atoms with E-state index >= 15 is 0 Å². The van der Waals surface area contributed by atoms with E-state index in [4.69, 9.17) is 9.40 Å². The number of nitrogens with one attached hydrogen (secondary N) is 1. The number of hydrogen-bond donors (Lipinski definition) is 1. The molecule has 1 amide bonds. The van der Waals surface area contributed by atoms with E-state index in [1.165, 1.54) is 0 Å². The summed E-state index contributed by atoms with van der Waals surface area (Å²) in [6.07, 6.45) is 1.73. The summed E-state index contributed by atoms with van der Waals surface area (Å²) in [7, 11) is 0. The number of aromatic nitrogens is 1. The van der Waals surface area contributed by atoms with Gasteiger partial charge in [0, 0.05) is 22.5 Å². The quantitative estimate of drug-likeness (QED) is 0.504. The Kier molecular flexibility index (Phi) is 6.88. The average Bonchev–Trinajstić information content (AvgIpc) is 3.15. The van der Waals surface area contributed by atoms with Crippen LogP contribution < -0.4 is 5.32 Å². The van der Waals surface area contributed by atoms with Gasteiger partial charge in [-0.3, -0.25) is 9.69 Å². The summed E-state index contributed by atoms with van der Waals surface area (Å²) in [5.74, 6) is 1.73. The van der Waals surface area contributed by atoms with Crippen molar-refractivity contribution in [2.45, 2.75) is 39.3 Å². The van der Waals surface area contributed by atoms with Crippen LogP contribution in [-0.4, -0.2) is 28.9 Å². The Morgan fingerprint density at radius 2 is 1.94 bits per heavy atom. The first-order valence-corrected chi connectivity index (χ1v) is 11.6. The number of aryl methyl sites for hydroxylation is 1. The fourth-order valence-electron chi connectivity index (χ4n) is 4.04. The minimum absolute atomic E-state index is 0.0287. The molecule has 0 bridgehead atoms. The molecular formula is C25H28BrN3O2. The normalized spacial score (nSPS) is 16.2. The largest absolute Gasteiger partial charge is 0.441 e. The number of rotatable bonds is 6. The summed E-state index contributed by atoms with van der Waals surface area (Å²) in [6, 6.07) is 18.1. The number of likely N-dealkylation sites (tertiary alicyclic amines) is 1. The number of hydrogen-bond acceptors (Lipinski definition) is 4. The van der Waals surface area contributed by atoms with Crippen LogP contribution in [0, 0.1) is 12.8 Å². The fraction of sp³-hybridized carbons (Fsp3) is 0.360. The van der Waals surface area contributed by atoms with Crippen molar-refractivity contribution in [2.24, 2.45) is 5.92 Å². The Labute approximate surface area is 192 Å². The summed E-state index contributed by atoms with van der Waals surface area (Å²) in [4.78, 5) is 19.8. The van der Waals surface area contributed by atoms with Gasteiger partial charge in [0.2, 0.25) is 11.8 Å². The lowest BCUT2D eigenvalue weighted by atomic mass is 9.95. The molecule has 0 spiro atoms. The summed E-state index contributed by atoms with van der Waals surface area (Å²) in [5, 5.41) is 3.18. The maximum Gasteiger partial charge on any atom is 0.226 e. The Hall–Kier alpha value is -2.44. The molecule has 1 saturated heterocycles. The number of piperidine rings is 1. The Bertz CT molecular complexity index is 1030. The van der Waals surface area contributed by atoms with Crippen LogP contribution in [0.3, 0.4) is 0 Å². The van der Waals surface area contributed by atoms with Gasteiger partial charge in [-0.2, -0.15) is 0 Å². The van der Waals surface area contributed by atoms with Crippen LogP contribution in [0.1, 0.15) is 42.8 Å². The first-order chi connectivity index (χ1) is 15.0. The molecule has 1 aliphatic rings. The van der Waals surface area contributed by atoms with Crippen molar-refractivity contribution in [2.75, 3.05) is 13.1 Å². The van der Waals surface area contributed by atoms with Gasteiger partial charge in [0.1, 0.15) is 5.76 Å². The number of halogens is 1. The van der Waals surface area contributed by atoms with Gasteiger partial charge in [0.15, 0.2) is 0 Å². The minimum atomic E-state index is 0.0287. The first kappa shape index (κ1) is 21.8. The lowest BCUT2D eigenvalue weighted by molar-refractivity contribution is -0.127. The molecule has 2 aromatic carbocycles. The van der Waals surface area contributed by atoms with Crippen LogP contribution in [0.2, 0.25) is 0 Å². The molecule has 1 fully saturated rings. The number of amides is 1. The van der Waals surface area contributed by atoms with Crippen molar-refractivity contribution in [3.05, 3.63) is 76.1 Å². The summed E-state index contributed by atoms with van der Waals surface area (Å²) >= 11 is 3.50. The predicted octanol–water partition coefficient (Wildman–Crippen LogP) is 5.50. The van der Waals surface area contributed by atoms with Gasteiger partial charge < -0.3 is 9.73 Å². The van der Waals surface area contributed by atoms with Crippen LogP contribution >= 0.6 is 15.9 Å². The lowest BCUT2D eigenvalue weighted by Gasteiger charge is -2.31. The SMILES string of the molecule is Cc1oc(-c2cccc(Br)c2)nc1CN1CCC(C(=O)NC(C)c2ccccc2)CC1. The summed E-state index contributed by atoms with van der Waals surface area (Å²) in [5.41, 5.74) is 3.07. The second-order valence-corrected chi connectivity index (χ2v) is 9.14. The van der Waals surface area contributed by atoms with Gasteiger partial charge in [-0.05, 0) is 63.5 Å². The molecule has 162 valence electrons. The highest BCUT2D eigenvalue weighted by Gasteiger charge is 2.27. The second-order valence-electron chi connectivity index (χ2n) is 8.22. The highest BCUT2D eigenvalue weighted by Crippen LogP contribution is 2.26. The van der Waals surface area contributed by atoms with Crippen LogP contribution in [0.5, 0.6) is 0 Å². The third-order valence-corrected chi connectivity index (χ3v) is 6.45. The van der Waals surface area contributed by atoms with Crippen LogP contribution in [-0.2, 0) is 11.3 Å². The molecule has 1 unspecified atom stereocenters. The number of carbonyl (C=O) groups excluding carboxylic acids is 1. The van der Waals surface area contributed by atoms with E-state index in [0.29, 0.717) is 5.89 Å². The molecule has 0 aliphatic carbocycles. The van der Waals surface area contributed by atoms with Crippen LogP contribution in [0.25, 0.3) is 11.5 Å². The topological polar surface area (TPSA) is 58.4 Å². The van der Waals surface area contributed by atoms with Gasteiger partial charge in [-0.15, -0.1) is 0 Å². The van der Waals surface area contributed by atoms with E-state index in [1.807, 2.05) is 56.3 Å². The van der Waals surface area contributed by atoms with Crippen LogP contribution in [0.4, 0.5) is 0 Å². The van der Waals surface area contributed by atoms with E-state index in [1.54, 1.807) is 0 Å². The second kappa shape index (κ2) is 9.79. The molecule has 1 atom stereocenters. The number of nitrogens with zero attached hydrogens (tertiary/aromatic N) is 2. The average molecular weight is 482 g/mol. The van der Waals surface area contributed by atoms with E-state index in [2.05, 4.69) is 38.3 Å². The molecule has 1 aromatic heterocycles. The van der Waals surface area contributed by atoms with Crippen molar-refractivity contribution >= 4 is 21.8 Å². The molecular weight excluding hydrogens is 454 g/mol. The van der Waals surface area contributed by atoms with Crippen molar-refractivity contribution in [1.29, 1.82) is 0 Å². The van der Waals surface area contributed by atoms with Gasteiger partial charge >= 0.3 is 0 Å². The van der Waals surface area contributed by atoms with Gasteiger partial charge in [0.05, 0.1) is 11.7 Å². The van der Waals surface area contributed by atoms with Crippen LogP contribution in [0.15, 0.2) is 63.5 Å². The minimum Gasteiger partial charge on any atom is -0.441 e. The standard InChI is InChI=1S/C25H28BrN3O2/c1-17(19-7-4-3-5-8-19)27-24(30)20-11-13-29(14-12-20)16-23-18(2)31-25(28-23)21-9-6-10-22(26)15-21/h3-10,15,17,20H,11-14,16H2,1-2H3,(H,27,30). The van der Waals surface area contributed by atoms with Gasteiger partial charge in [-0.25, -0.2) is 4.98 Å². The molecule has 1 aliphatic heterocycles. The highest BCUT2D eigenvalue weighted by atomic mass is 79.9. The zero-order valence-electron chi connectivity index (χ0n) is 18.0. The van der Waals surface area contributed by atoms with Crippen molar-refractivity contribution in [1.82, 2.24) is 15.2 Å². The number of carbonyl (C=O) groups is 1. The molecule has 3 aromatic rings. The maximum atomic E-state index is 12.7. The number of benzene rings is 2. The molecule has 6 heteroatoms. The van der Waals surface area contributed by atoms with Crippen molar-refractivity contribution < 1.29 is 9.21 Å². The van der Waals surface area contributed by atoms with E-state index < -0.39 is 0 Å². The first-order valence-electron chi connectivity index (χ1n) is 10.8. The Balaban J connectivity index is 1.31. The molecule has 5 nitrogen and oxygen atoms in total. The third-order valence-electron chi connectivity index (χ3n) is 5.95. The zero-order chi connectivity index (χ0) is 21.8. The van der Waals surface area contributed by atoms with Crippen molar-refractivity contribution in [3.8, 4) is 11.5 Å². The third kappa shape index (κ3) is 5.43. The van der Waals surface area contributed by atoms with Gasteiger partial charge in [-0.1, -0.05) is 52.3 Å². The molecule has 1 N–H and O–H groups in total. The number of oxazole rings is 1. The molecule has 2 heterocycles.